The number of nitrogens with zero attached hydrogens (tertiary/aromatic N) is 2. The standard InChI is InChI=1S/C20H24N2.Pd/c1-3-5-16-20(22-18-14-10-7-11-15-18)19(4-2)21-17-12-8-6-9-13-17;/h6-15H,3-5,16H2,1-2H3;/b21-19+,22-20+;. The van der Waals surface area contributed by atoms with Crippen LogP contribution < -0.4 is 0 Å². The summed E-state index contributed by atoms with van der Waals surface area (Å²) in [7, 11) is 0. The number of benzene rings is 2. The molecule has 0 spiro atoms. The van der Waals surface area contributed by atoms with Crippen molar-refractivity contribution >= 4 is 22.8 Å². The molecule has 0 amide bonds. The third-order valence-corrected chi connectivity index (χ3v) is 3.48. The molecule has 0 saturated carbocycles. The van der Waals surface area contributed by atoms with Gasteiger partial charge in [-0.3, -0.25) is 9.98 Å². The maximum Gasteiger partial charge on any atom is 0.0633 e. The van der Waals surface area contributed by atoms with Crippen molar-refractivity contribution in [3.05, 3.63) is 60.7 Å². The van der Waals surface area contributed by atoms with Gasteiger partial charge in [0.1, 0.15) is 0 Å². The molecule has 23 heavy (non-hydrogen) atoms. The van der Waals surface area contributed by atoms with E-state index in [9.17, 15) is 0 Å². The van der Waals surface area contributed by atoms with Crippen LogP contribution in [0.15, 0.2) is 70.6 Å². The molecule has 0 fully saturated rings. The number of aliphatic imine (C=N–C) groups is 2. The Kier molecular flexibility index (Phi) is 9.36. The molecule has 2 aromatic carbocycles. The number of rotatable bonds is 7. The first-order valence-corrected chi connectivity index (χ1v) is 8.09. The molecule has 0 unspecified atom stereocenters. The largest absolute Gasteiger partial charge is 0.252 e. The minimum atomic E-state index is 0. The average Bonchev–Trinajstić information content (AvgIpc) is 2.58. The Balaban J connectivity index is 0.00000264. The second kappa shape index (κ2) is 11.1. The zero-order valence-corrected chi connectivity index (χ0v) is 15.4. The molecule has 0 atom stereocenters. The molecule has 0 N–H and O–H groups in total. The summed E-state index contributed by atoms with van der Waals surface area (Å²) in [6.45, 7) is 4.36. The quantitative estimate of drug-likeness (QED) is 0.396. The van der Waals surface area contributed by atoms with Crippen molar-refractivity contribution in [2.24, 2.45) is 9.98 Å². The first-order valence-electron chi connectivity index (χ1n) is 8.09. The van der Waals surface area contributed by atoms with Gasteiger partial charge in [0.2, 0.25) is 0 Å². The number of para-hydroxylation sites is 2. The van der Waals surface area contributed by atoms with Gasteiger partial charge in [-0.05, 0) is 43.5 Å². The summed E-state index contributed by atoms with van der Waals surface area (Å²) in [5, 5.41) is 0. The van der Waals surface area contributed by atoms with Crippen LogP contribution >= 0.6 is 0 Å². The van der Waals surface area contributed by atoms with Crippen LogP contribution in [0.1, 0.15) is 39.5 Å². The Morgan fingerprint density at radius 1 is 0.739 bits per heavy atom. The zero-order chi connectivity index (χ0) is 15.6. The van der Waals surface area contributed by atoms with E-state index in [0.29, 0.717) is 0 Å². The van der Waals surface area contributed by atoms with Crippen LogP contribution in [0.4, 0.5) is 11.4 Å². The number of hydrogen-bond donors (Lipinski definition) is 0. The van der Waals surface area contributed by atoms with Crippen molar-refractivity contribution in [2.75, 3.05) is 0 Å². The summed E-state index contributed by atoms with van der Waals surface area (Å²) in [6, 6.07) is 20.3. The van der Waals surface area contributed by atoms with Gasteiger partial charge in [0.25, 0.3) is 0 Å². The zero-order valence-electron chi connectivity index (χ0n) is 13.8. The van der Waals surface area contributed by atoms with E-state index < -0.39 is 0 Å². The monoisotopic (exact) mass is 398 g/mol. The van der Waals surface area contributed by atoms with Gasteiger partial charge in [0.15, 0.2) is 0 Å². The Hall–Kier alpha value is -1.56. The summed E-state index contributed by atoms with van der Waals surface area (Å²) in [5.74, 6) is 0. The third-order valence-electron chi connectivity index (χ3n) is 3.48. The van der Waals surface area contributed by atoms with Crippen molar-refractivity contribution in [2.45, 2.75) is 39.5 Å². The summed E-state index contributed by atoms with van der Waals surface area (Å²) in [4.78, 5) is 9.66. The average molecular weight is 399 g/mol. The van der Waals surface area contributed by atoms with Crippen LogP contribution in [-0.2, 0) is 20.4 Å². The summed E-state index contributed by atoms with van der Waals surface area (Å²) >= 11 is 0. The molecule has 0 aliphatic heterocycles. The predicted molar refractivity (Wildman–Crippen MR) is 96.9 cm³/mol. The molecule has 0 bridgehead atoms. The molecule has 0 saturated heterocycles. The maximum absolute atomic E-state index is 4.85. The van der Waals surface area contributed by atoms with Gasteiger partial charge >= 0.3 is 0 Å². The van der Waals surface area contributed by atoms with E-state index in [2.05, 4.69) is 13.8 Å². The fourth-order valence-corrected chi connectivity index (χ4v) is 2.27. The van der Waals surface area contributed by atoms with E-state index in [1.54, 1.807) is 0 Å². The van der Waals surface area contributed by atoms with Gasteiger partial charge < -0.3 is 0 Å². The summed E-state index contributed by atoms with van der Waals surface area (Å²) in [6.07, 6.45) is 4.17. The van der Waals surface area contributed by atoms with Crippen LogP contribution in [0.25, 0.3) is 0 Å². The summed E-state index contributed by atoms with van der Waals surface area (Å²) in [5.41, 5.74) is 4.20. The van der Waals surface area contributed by atoms with Crippen molar-refractivity contribution in [3.63, 3.8) is 0 Å². The fourth-order valence-electron chi connectivity index (χ4n) is 2.27. The van der Waals surface area contributed by atoms with Gasteiger partial charge in [0.05, 0.1) is 22.8 Å². The molecular weight excluding hydrogens is 375 g/mol. The molecule has 0 heterocycles. The van der Waals surface area contributed by atoms with Crippen LogP contribution in [0.2, 0.25) is 0 Å². The van der Waals surface area contributed by atoms with E-state index in [1.807, 2.05) is 60.7 Å². The second-order valence-corrected chi connectivity index (χ2v) is 5.25. The van der Waals surface area contributed by atoms with Crippen molar-refractivity contribution in [3.8, 4) is 0 Å². The van der Waals surface area contributed by atoms with Crippen molar-refractivity contribution < 1.29 is 20.4 Å². The summed E-state index contributed by atoms with van der Waals surface area (Å²) < 4.78 is 0. The Bertz CT molecular complexity index is 619. The topological polar surface area (TPSA) is 24.7 Å². The molecule has 2 nitrogen and oxygen atoms in total. The van der Waals surface area contributed by atoms with Gasteiger partial charge in [-0.2, -0.15) is 0 Å². The van der Waals surface area contributed by atoms with E-state index in [0.717, 1.165) is 48.5 Å². The van der Waals surface area contributed by atoms with E-state index in [1.165, 1.54) is 0 Å². The van der Waals surface area contributed by atoms with Crippen molar-refractivity contribution in [1.82, 2.24) is 0 Å². The van der Waals surface area contributed by atoms with Crippen molar-refractivity contribution in [1.29, 1.82) is 0 Å². The predicted octanol–water partition coefficient (Wildman–Crippen LogP) is 6.13. The molecule has 3 heteroatoms. The van der Waals surface area contributed by atoms with Gasteiger partial charge in [-0.25, -0.2) is 0 Å². The van der Waals surface area contributed by atoms with Gasteiger partial charge in [-0.15, -0.1) is 0 Å². The molecule has 0 aliphatic carbocycles. The van der Waals surface area contributed by atoms with Crippen LogP contribution in [0.3, 0.4) is 0 Å². The maximum atomic E-state index is 4.85. The molecule has 2 aromatic rings. The van der Waals surface area contributed by atoms with E-state index in [-0.39, 0.29) is 20.4 Å². The molecule has 0 radical (unpaired) electrons. The first-order chi connectivity index (χ1) is 10.8. The number of unbranched alkanes of at least 4 members (excludes halogenated alkanes) is 1. The minimum Gasteiger partial charge on any atom is -0.252 e. The molecule has 0 aromatic heterocycles. The molecular formula is C20H24N2Pd. The Morgan fingerprint density at radius 3 is 1.65 bits per heavy atom. The SMILES string of the molecule is CCCCC(=N\c1ccccc1)/C(CC)=N/c1ccccc1.[Pd]. The van der Waals surface area contributed by atoms with E-state index in [4.69, 9.17) is 9.98 Å². The van der Waals surface area contributed by atoms with Crippen LogP contribution in [0, 0.1) is 0 Å². The first kappa shape index (κ1) is 19.5. The van der Waals surface area contributed by atoms with E-state index >= 15 is 0 Å². The Labute approximate surface area is 153 Å². The third kappa shape index (κ3) is 6.61. The Morgan fingerprint density at radius 2 is 1.22 bits per heavy atom. The van der Waals surface area contributed by atoms with Gasteiger partial charge in [-0.1, -0.05) is 56.7 Å². The second-order valence-electron chi connectivity index (χ2n) is 5.25. The fraction of sp³-hybridized carbons (Fsp3) is 0.300. The normalized spacial score (nSPS) is 11.9. The molecule has 0 aliphatic rings. The molecule has 2 rings (SSSR count). The smallest absolute Gasteiger partial charge is 0.0633 e. The van der Waals surface area contributed by atoms with Crippen LogP contribution in [0.5, 0.6) is 0 Å². The molecule has 124 valence electrons. The minimum absolute atomic E-state index is 0. The number of hydrogen-bond acceptors (Lipinski definition) is 2. The van der Waals surface area contributed by atoms with Gasteiger partial charge in [0, 0.05) is 20.4 Å². The van der Waals surface area contributed by atoms with Crippen LogP contribution in [-0.4, -0.2) is 11.4 Å².